The molecule has 0 spiro atoms. The van der Waals surface area contributed by atoms with E-state index in [1.165, 1.54) is 23.0 Å². The second-order valence-electron chi connectivity index (χ2n) is 4.52. The summed E-state index contributed by atoms with van der Waals surface area (Å²) in [7, 11) is 0. The van der Waals surface area contributed by atoms with E-state index in [0.717, 1.165) is 6.07 Å². The molecule has 0 saturated heterocycles. The quantitative estimate of drug-likeness (QED) is 0.682. The Bertz CT molecular complexity index is 779. The first kappa shape index (κ1) is 14.4. The number of nitro groups is 1. The van der Waals surface area contributed by atoms with E-state index < -0.39 is 16.3 Å². The van der Waals surface area contributed by atoms with Gasteiger partial charge in [0.25, 0.3) is 5.69 Å². The molecule has 2 aromatic rings. The van der Waals surface area contributed by atoms with Crippen LogP contribution in [0.5, 0.6) is 0 Å². The van der Waals surface area contributed by atoms with Crippen LogP contribution >= 0.6 is 0 Å². The molecule has 108 valence electrons. The number of nitrogens with zero attached hydrogens (tertiary/aromatic N) is 2. The van der Waals surface area contributed by atoms with E-state index in [9.17, 15) is 19.7 Å². The van der Waals surface area contributed by atoms with E-state index >= 15 is 0 Å². The lowest BCUT2D eigenvalue weighted by molar-refractivity contribution is -0.385. The molecule has 1 N–H and O–H groups in total. The van der Waals surface area contributed by atoms with Crippen molar-refractivity contribution in [3.05, 3.63) is 73.7 Å². The second-order valence-corrected chi connectivity index (χ2v) is 4.52. The van der Waals surface area contributed by atoms with Gasteiger partial charge in [-0.1, -0.05) is 12.1 Å². The standard InChI is InChI=1S/C14H12N2O5/c1-9-10(3-2-4-12(9)16(20)21)7-15-6-5-13(17)11(8-15)14(18)19/h2-6,8H,7H2,1H3,(H,18,19). The molecular weight excluding hydrogens is 276 g/mol. The third-order valence-corrected chi connectivity index (χ3v) is 3.18. The van der Waals surface area contributed by atoms with E-state index in [1.807, 2.05) is 0 Å². The lowest BCUT2D eigenvalue weighted by Gasteiger charge is -2.10. The van der Waals surface area contributed by atoms with Crippen LogP contribution in [0.4, 0.5) is 5.69 Å². The fourth-order valence-corrected chi connectivity index (χ4v) is 2.02. The maximum atomic E-state index is 11.4. The van der Waals surface area contributed by atoms with Crippen molar-refractivity contribution >= 4 is 11.7 Å². The SMILES string of the molecule is Cc1c(Cn2ccc(=O)c(C(=O)O)c2)cccc1[N+](=O)[O-]. The predicted molar refractivity (Wildman–Crippen MR) is 74.6 cm³/mol. The van der Waals surface area contributed by atoms with Crippen molar-refractivity contribution in [2.45, 2.75) is 13.5 Å². The molecule has 0 aliphatic rings. The minimum Gasteiger partial charge on any atom is -0.477 e. The molecule has 21 heavy (non-hydrogen) atoms. The molecule has 0 atom stereocenters. The predicted octanol–water partition coefficient (Wildman–Crippen LogP) is 1.81. The Labute approximate surface area is 119 Å². The van der Waals surface area contributed by atoms with E-state index in [-0.39, 0.29) is 17.8 Å². The topological polar surface area (TPSA) is 102 Å². The number of rotatable bonds is 4. The average molecular weight is 288 g/mol. The lowest BCUT2D eigenvalue weighted by atomic mass is 10.1. The Morgan fingerprint density at radius 1 is 1.38 bits per heavy atom. The first-order valence-electron chi connectivity index (χ1n) is 6.06. The highest BCUT2D eigenvalue weighted by molar-refractivity contribution is 5.86. The zero-order chi connectivity index (χ0) is 15.6. The molecule has 0 aliphatic heterocycles. The van der Waals surface area contributed by atoms with Crippen molar-refractivity contribution < 1.29 is 14.8 Å². The van der Waals surface area contributed by atoms with Gasteiger partial charge in [-0.2, -0.15) is 0 Å². The van der Waals surface area contributed by atoms with Crippen molar-refractivity contribution in [1.29, 1.82) is 0 Å². The summed E-state index contributed by atoms with van der Waals surface area (Å²) >= 11 is 0. The molecule has 2 rings (SSSR count). The molecule has 7 heteroatoms. The van der Waals surface area contributed by atoms with Gasteiger partial charge in [-0.3, -0.25) is 14.9 Å². The lowest BCUT2D eigenvalue weighted by Crippen LogP contribution is -2.17. The number of pyridine rings is 1. The fraction of sp³-hybridized carbons (Fsp3) is 0.143. The van der Waals surface area contributed by atoms with Crippen molar-refractivity contribution in [3.63, 3.8) is 0 Å². The van der Waals surface area contributed by atoms with Crippen molar-refractivity contribution in [2.24, 2.45) is 0 Å². The molecule has 0 bridgehead atoms. The normalized spacial score (nSPS) is 10.3. The van der Waals surface area contributed by atoms with Crippen LogP contribution in [0.25, 0.3) is 0 Å². The van der Waals surface area contributed by atoms with E-state index in [0.29, 0.717) is 11.1 Å². The average Bonchev–Trinajstić information content (AvgIpc) is 2.42. The molecule has 0 radical (unpaired) electrons. The number of hydrogen-bond acceptors (Lipinski definition) is 4. The summed E-state index contributed by atoms with van der Waals surface area (Å²) in [6.45, 7) is 1.88. The number of carbonyl (C=O) groups is 1. The van der Waals surface area contributed by atoms with E-state index in [1.54, 1.807) is 19.1 Å². The third-order valence-electron chi connectivity index (χ3n) is 3.18. The second kappa shape index (κ2) is 5.58. The molecule has 1 aromatic heterocycles. The first-order valence-corrected chi connectivity index (χ1v) is 6.06. The monoisotopic (exact) mass is 288 g/mol. The summed E-state index contributed by atoms with van der Waals surface area (Å²) in [5, 5.41) is 19.8. The maximum absolute atomic E-state index is 11.4. The fourth-order valence-electron chi connectivity index (χ4n) is 2.02. The van der Waals surface area contributed by atoms with Crippen molar-refractivity contribution in [1.82, 2.24) is 4.57 Å². The Morgan fingerprint density at radius 2 is 2.10 bits per heavy atom. The Morgan fingerprint density at radius 3 is 2.71 bits per heavy atom. The largest absolute Gasteiger partial charge is 0.477 e. The van der Waals surface area contributed by atoms with Crippen LogP contribution in [0, 0.1) is 17.0 Å². The van der Waals surface area contributed by atoms with E-state index in [4.69, 9.17) is 5.11 Å². The van der Waals surface area contributed by atoms with Crippen LogP contribution in [-0.4, -0.2) is 20.6 Å². The van der Waals surface area contributed by atoms with Gasteiger partial charge >= 0.3 is 5.97 Å². The maximum Gasteiger partial charge on any atom is 0.341 e. The molecular formula is C14H12N2O5. The van der Waals surface area contributed by atoms with Gasteiger partial charge in [-0.25, -0.2) is 4.79 Å². The van der Waals surface area contributed by atoms with Gasteiger partial charge in [-0.05, 0) is 12.5 Å². The van der Waals surface area contributed by atoms with Crippen LogP contribution in [0.15, 0.2) is 41.5 Å². The molecule has 0 saturated carbocycles. The summed E-state index contributed by atoms with van der Waals surface area (Å²) in [5.41, 5.74) is 0.296. The Kier molecular flexibility index (Phi) is 3.84. The van der Waals surface area contributed by atoms with Crippen molar-refractivity contribution in [2.75, 3.05) is 0 Å². The van der Waals surface area contributed by atoms with E-state index in [2.05, 4.69) is 0 Å². The minimum absolute atomic E-state index is 0.00648. The third kappa shape index (κ3) is 2.97. The number of aromatic nitrogens is 1. The van der Waals surface area contributed by atoms with Crippen LogP contribution in [0.1, 0.15) is 21.5 Å². The molecule has 0 unspecified atom stereocenters. The summed E-state index contributed by atoms with van der Waals surface area (Å²) in [4.78, 5) is 32.8. The number of carboxylic acid groups (broad SMARTS) is 1. The molecule has 0 fully saturated rings. The number of nitro benzene ring substituents is 1. The number of hydrogen-bond donors (Lipinski definition) is 1. The number of aromatic carboxylic acids is 1. The van der Waals surface area contributed by atoms with Crippen LogP contribution in [0.2, 0.25) is 0 Å². The van der Waals surface area contributed by atoms with Gasteiger partial charge in [0.15, 0.2) is 5.43 Å². The van der Waals surface area contributed by atoms with Gasteiger partial charge in [0.1, 0.15) is 5.56 Å². The van der Waals surface area contributed by atoms with Gasteiger partial charge < -0.3 is 9.67 Å². The smallest absolute Gasteiger partial charge is 0.341 e. The van der Waals surface area contributed by atoms with Gasteiger partial charge in [0, 0.05) is 36.6 Å². The molecule has 0 aliphatic carbocycles. The molecule has 0 amide bonds. The van der Waals surface area contributed by atoms with Crippen LogP contribution in [0.3, 0.4) is 0 Å². The molecule has 1 aromatic carbocycles. The summed E-state index contributed by atoms with van der Waals surface area (Å²) in [5.74, 6) is -1.30. The van der Waals surface area contributed by atoms with Gasteiger partial charge in [-0.15, -0.1) is 0 Å². The van der Waals surface area contributed by atoms with Gasteiger partial charge in [0.2, 0.25) is 0 Å². The number of benzene rings is 1. The summed E-state index contributed by atoms with van der Waals surface area (Å²) in [6.07, 6.45) is 2.68. The van der Waals surface area contributed by atoms with Gasteiger partial charge in [0.05, 0.1) is 4.92 Å². The zero-order valence-corrected chi connectivity index (χ0v) is 11.1. The van der Waals surface area contributed by atoms with Crippen LogP contribution in [-0.2, 0) is 6.54 Å². The van der Waals surface area contributed by atoms with Crippen molar-refractivity contribution in [3.8, 4) is 0 Å². The van der Waals surface area contributed by atoms with Crippen LogP contribution < -0.4 is 5.43 Å². The first-order chi connectivity index (χ1) is 9.90. The number of carboxylic acids is 1. The Hall–Kier alpha value is -2.96. The summed E-state index contributed by atoms with van der Waals surface area (Å²) in [6, 6.07) is 5.87. The summed E-state index contributed by atoms with van der Waals surface area (Å²) < 4.78 is 1.51. The molecule has 1 heterocycles. The zero-order valence-electron chi connectivity index (χ0n) is 11.1. The Balaban J connectivity index is 2.41. The highest BCUT2D eigenvalue weighted by atomic mass is 16.6. The molecule has 7 nitrogen and oxygen atoms in total. The minimum atomic E-state index is -1.30. The highest BCUT2D eigenvalue weighted by Gasteiger charge is 2.14. The highest BCUT2D eigenvalue weighted by Crippen LogP contribution is 2.21.